The molecular weight excluding hydrogens is 308 g/mol. The summed E-state index contributed by atoms with van der Waals surface area (Å²) in [5.74, 6) is 0. The molecule has 2 aromatic carbocycles. The van der Waals surface area contributed by atoms with Crippen molar-refractivity contribution in [1.82, 2.24) is 0 Å². The molecule has 0 fully saturated rings. The fourth-order valence-corrected chi connectivity index (χ4v) is 2.77. The van der Waals surface area contributed by atoms with Crippen molar-refractivity contribution in [1.29, 1.82) is 10.5 Å². The van der Waals surface area contributed by atoms with Crippen molar-refractivity contribution in [2.24, 2.45) is 0 Å². The Kier molecular flexibility index (Phi) is 6.72. The van der Waals surface area contributed by atoms with E-state index in [0.717, 1.165) is 11.1 Å². The number of benzene rings is 2. The highest BCUT2D eigenvalue weighted by atomic mass is 16.5. The molecule has 124 valence electrons. The van der Waals surface area contributed by atoms with E-state index in [1.165, 1.54) is 0 Å². The summed E-state index contributed by atoms with van der Waals surface area (Å²) in [4.78, 5) is 0. The zero-order valence-electron chi connectivity index (χ0n) is 14.1. The highest BCUT2D eigenvalue weighted by Crippen LogP contribution is 2.34. The van der Waals surface area contributed by atoms with E-state index >= 15 is 0 Å². The Balaban J connectivity index is 2.41. The Morgan fingerprint density at radius 2 is 1.20 bits per heavy atom. The number of hydrogen-bond donors (Lipinski definition) is 0. The second kappa shape index (κ2) is 9.23. The maximum atomic E-state index is 9.38. The topological polar surface area (TPSA) is 56.8 Å². The lowest BCUT2D eigenvalue weighted by Gasteiger charge is -2.25. The Morgan fingerprint density at radius 3 is 1.56 bits per heavy atom. The average molecular weight is 328 g/mol. The minimum absolute atomic E-state index is 0.315. The van der Waals surface area contributed by atoms with Crippen LogP contribution >= 0.6 is 0 Å². The molecule has 2 rings (SSSR count). The first-order valence-electron chi connectivity index (χ1n) is 8.10. The Labute approximate surface area is 149 Å². The summed E-state index contributed by atoms with van der Waals surface area (Å²) in [7, 11) is 0. The predicted molar refractivity (Wildman–Crippen MR) is 98.5 cm³/mol. The van der Waals surface area contributed by atoms with Gasteiger partial charge in [-0.2, -0.15) is 10.5 Å². The zero-order valence-corrected chi connectivity index (χ0v) is 14.1. The van der Waals surface area contributed by atoms with Gasteiger partial charge >= 0.3 is 0 Å². The van der Waals surface area contributed by atoms with Gasteiger partial charge in [0.1, 0.15) is 0 Å². The van der Waals surface area contributed by atoms with Crippen LogP contribution in [0, 0.1) is 22.7 Å². The van der Waals surface area contributed by atoms with Crippen LogP contribution in [0.3, 0.4) is 0 Å². The molecule has 25 heavy (non-hydrogen) atoms. The molecule has 0 aliphatic rings. The van der Waals surface area contributed by atoms with Crippen LogP contribution in [0.5, 0.6) is 0 Å². The molecule has 0 N–H and O–H groups in total. The van der Waals surface area contributed by atoms with Crippen molar-refractivity contribution in [3.8, 4) is 12.1 Å². The molecule has 0 saturated heterocycles. The van der Waals surface area contributed by atoms with Gasteiger partial charge in [0.25, 0.3) is 0 Å². The summed E-state index contributed by atoms with van der Waals surface area (Å²) in [6, 6.07) is 19.2. The number of hydrogen-bond acceptors (Lipinski definition) is 3. The first-order valence-corrected chi connectivity index (χ1v) is 8.10. The van der Waals surface area contributed by atoms with Gasteiger partial charge in [0.05, 0.1) is 35.5 Å². The van der Waals surface area contributed by atoms with E-state index in [1.54, 1.807) is 24.3 Å². The van der Waals surface area contributed by atoms with E-state index in [0.29, 0.717) is 24.0 Å². The summed E-state index contributed by atoms with van der Waals surface area (Å²) < 4.78 is 6.34. The second-order valence-corrected chi connectivity index (χ2v) is 5.56. The van der Waals surface area contributed by atoms with Crippen molar-refractivity contribution in [3.63, 3.8) is 0 Å². The van der Waals surface area contributed by atoms with Gasteiger partial charge in [-0.3, -0.25) is 0 Å². The van der Waals surface area contributed by atoms with Crippen LogP contribution in [0.2, 0.25) is 0 Å². The van der Waals surface area contributed by atoms with E-state index in [1.807, 2.05) is 36.4 Å². The van der Waals surface area contributed by atoms with E-state index in [4.69, 9.17) is 4.74 Å². The largest absolute Gasteiger partial charge is 0.365 e. The molecular formula is C22H20N2O. The van der Waals surface area contributed by atoms with E-state index < -0.39 is 0 Å². The highest BCUT2D eigenvalue weighted by molar-refractivity contribution is 5.41. The van der Waals surface area contributed by atoms with Crippen molar-refractivity contribution >= 4 is 0 Å². The van der Waals surface area contributed by atoms with Gasteiger partial charge in [0.15, 0.2) is 0 Å². The average Bonchev–Trinajstić information content (AvgIpc) is 2.67. The molecule has 2 aromatic rings. The molecule has 0 aromatic heterocycles. The smallest absolute Gasteiger partial charge is 0.0995 e. The van der Waals surface area contributed by atoms with E-state index in [9.17, 15) is 10.5 Å². The van der Waals surface area contributed by atoms with Crippen molar-refractivity contribution < 1.29 is 4.74 Å². The van der Waals surface area contributed by atoms with Crippen LogP contribution in [-0.2, 0) is 4.74 Å². The summed E-state index contributed by atoms with van der Waals surface area (Å²) in [6.07, 6.45) is 4.07. The minimum Gasteiger partial charge on any atom is -0.365 e. The number of nitrogens with zero attached hydrogens (tertiary/aromatic N) is 2. The van der Waals surface area contributed by atoms with Crippen LogP contribution in [0.4, 0.5) is 0 Å². The Morgan fingerprint density at radius 1 is 0.800 bits per heavy atom. The second-order valence-electron chi connectivity index (χ2n) is 5.56. The maximum absolute atomic E-state index is 9.38. The summed E-state index contributed by atoms with van der Waals surface area (Å²) in [5.41, 5.74) is 2.82. The van der Waals surface area contributed by atoms with Crippen LogP contribution in [-0.4, -0.2) is 0 Å². The van der Waals surface area contributed by atoms with Crippen LogP contribution in [0.1, 0.15) is 47.3 Å². The fraction of sp³-hybridized carbons (Fsp3) is 0.182. The molecule has 3 heteroatoms. The Hall–Kier alpha value is -3.14. The monoisotopic (exact) mass is 328 g/mol. The molecule has 0 spiro atoms. The molecule has 2 atom stereocenters. The molecule has 0 aliphatic heterocycles. The third kappa shape index (κ3) is 4.44. The fourth-order valence-electron chi connectivity index (χ4n) is 2.77. The molecule has 0 aliphatic carbocycles. The van der Waals surface area contributed by atoms with Gasteiger partial charge < -0.3 is 4.74 Å². The van der Waals surface area contributed by atoms with Gasteiger partial charge in [0.2, 0.25) is 0 Å². The van der Waals surface area contributed by atoms with Crippen LogP contribution in [0.25, 0.3) is 0 Å². The van der Waals surface area contributed by atoms with Gasteiger partial charge in [0, 0.05) is 0 Å². The molecule has 0 saturated carbocycles. The third-order valence-corrected chi connectivity index (χ3v) is 3.95. The maximum Gasteiger partial charge on any atom is 0.0995 e. The van der Waals surface area contributed by atoms with Crippen molar-refractivity contribution in [3.05, 3.63) is 96.1 Å². The van der Waals surface area contributed by atoms with Gasteiger partial charge in [-0.05, 0) is 36.1 Å². The standard InChI is InChI=1S/C22H20N2O/c1-3-9-21(19-13-7-5-11-17(19)15-23)25-22(10-4-2)20-14-8-6-12-18(20)16-24/h3-8,11-14,21-22H,1-2,9-10H2. The van der Waals surface area contributed by atoms with E-state index in [2.05, 4.69) is 25.3 Å². The first-order chi connectivity index (χ1) is 12.2. The van der Waals surface area contributed by atoms with Crippen LogP contribution in [0.15, 0.2) is 73.8 Å². The molecule has 3 nitrogen and oxygen atoms in total. The molecule has 0 heterocycles. The number of ether oxygens (including phenoxy) is 1. The minimum atomic E-state index is -0.315. The van der Waals surface area contributed by atoms with Gasteiger partial charge in [-0.1, -0.05) is 48.6 Å². The zero-order chi connectivity index (χ0) is 18.1. The Bertz CT molecular complexity index is 757. The lowest BCUT2D eigenvalue weighted by molar-refractivity contribution is -0.0122. The normalized spacial score (nSPS) is 12.4. The molecule has 0 radical (unpaired) electrons. The van der Waals surface area contributed by atoms with Gasteiger partial charge in [-0.25, -0.2) is 0 Å². The van der Waals surface area contributed by atoms with Crippen molar-refractivity contribution in [2.75, 3.05) is 0 Å². The quantitative estimate of drug-likeness (QED) is 0.611. The van der Waals surface area contributed by atoms with Crippen molar-refractivity contribution in [2.45, 2.75) is 25.0 Å². The summed E-state index contributed by atoms with van der Waals surface area (Å²) >= 11 is 0. The lowest BCUT2D eigenvalue weighted by Crippen LogP contribution is -2.12. The lowest BCUT2D eigenvalue weighted by atomic mass is 9.98. The van der Waals surface area contributed by atoms with Gasteiger partial charge in [-0.15, -0.1) is 13.2 Å². The number of nitriles is 2. The third-order valence-electron chi connectivity index (χ3n) is 3.95. The first kappa shape index (κ1) is 18.2. The highest BCUT2D eigenvalue weighted by Gasteiger charge is 2.22. The predicted octanol–water partition coefficient (Wildman–Crippen LogP) is 5.38. The summed E-state index contributed by atoms with van der Waals surface area (Å²) in [5, 5.41) is 18.8. The van der Waals surface area contributed by atoms with E-state index in [-0.39, 0.29) is 12.2 Å². The SMILES string of the molecule is C=CCC(OC(CC=C)c1ccccc1C#N)c1ccccc1C#N. The molecule has 2 unspecified atom stereocenters. The summed E-state index contributed by atoms with van der Waals surface area (Å²) in [6.45, 7) is 7.61. The number of rotatable bonds is 8. The van der Waals surface area contributed by atoms with Crippen LogP contribution < -0.4 is 0 Å². The molecule has 0 amide bonds. The molecule has 0 bridgehead atoms.